The number of nitrogens with zero attached hydrogens (tertiary/aromatic N) is 3. The van der Waals surface area contributed by atoms with Crippen LogP contribution >= 0.6 is 0 Å². The molecule has 0 spiro atoms. The van der Waals surface area contributed by atoms with E-state index in [9.17, 15) is 4.79 Å². The van der Waals surface area contributed by atoms with Crippen LogP contribution in [-0.4, -0.2) is 27.6 Å². The van der Waals surface area contributed by atoms with Gasteiger partial charge in [0.15, 0.2) is 0 Å². The summed E-state index contributed by atoms with van der Waals surface area (Å²) in [6, 6.07) is 7.09. The lowest BCUT2D eigenvalue weighted by molar-refractivity contribution is 0.0951. The molecule has 0 aliphatic carbocycles. The van der Waals surface area contributed by atoms with E-state index in [1.165, 1.54) is 0 Å². The molecular weight excluding hydrogens is 254 g/mol. The molecule has 2 heterocycles. The van der Waals surface area contributed by atoms with Crippen LogP contribution in [0.5, 0.6) is 0 Å². The van der Waals surface area contributed by atoms with E-state index in [4.69, 9.17) is 0 Å². The van der Waals surface area contributed by atoms with Crippen LogP contribution < -0.4 is 10.6 Å². The van der Waals surface area contributed by atoms with Gasteiger partial charge in [0.2, 0.25) is 0 Å². The van der Waals surface area contributed by atoms with Crippen LogP contribution in [-0.2, 0) is 6.54 Å². The largest absolute Gasteiger partial charge is 0.369 e. The summed E-state index contributed by atoms with van der Waals surface area (Å²) in [5, 5.41) is 13.6. The first kappa shape index (κ1) is 13.9. The van der Waals surface area contributed by atoms with Gasteiger partial charge in [-0.05, 0) is 30.7 Å². The molecular formula is C14H17N5O. The zero-order valence-electron chi connectivity index (χ0n) is 11.3. The lowest BCUT2D eigenvalue weighted by atomic mass is 10.2. The number of hydrogen-bond acceptors (Lipinski definition) is 5. The average Bonchev–Trinajstić information content (AvgIpc) is 2.52. The normalized spacial score (nSPS) is 10.1. The summed E-state index contributed by atoms with van der Waals surface area (Å²) in [6.07, 6.45) is 4.23. The molecule has 0 aliphatic heterocycles. The van der Waals surface area contributed by atoms with Crippen LogP contribution in [0.3, 0.4) is 0 Å². The van der Waals surface area contributed by atoms with Crippen LogP contribution in [0.25, 0.3) is 0 Å². The highest BCUT2D eigenvalue weighted by molar-refractivity contribution is 5.98. The van der Waals surface area contributed by atoms with Crippen molar-refractivity contribution in [1.29, 1.82) is 0 Å². The zero-order valence-corrected chi connectivity index (χ0v) is 11.3. The molecule has 6 nitrogen and oxygen atoms in total. The Bertz CT molecular complexity index is 559. The van der Waals surface area contributed by atoms with Crippen molar-refractivity contribution >= 4 is 11.7 Å². The van der Waals surface area contributed by atoms with Crippen molar-refractivity contribution < 1.29 is 4.79 Å². The van der Waals surface area contributed by atoms with Crippen molar-refractivity contribution in [3.05, 3.63) is 47.9 Å². The van der Waals surface area contributed by atoms with Crippen molar-refractivity contribution in [2.45, 2.75) is 19.9 Å². The van der Waals surface area contributed by atoms with Crippen molar-refractivity contribution in [1.82, 2.24) is 20.5 Å². The van der Waals surface area contributed by atoms with Gasteiger partial charge in [0.1, 0.15) is 5.82 Å². The fourth-order valence-electron chi connectivity index (χ4n) is 1.67. The summed E-state index contributed by atoms with van der Waals surface area (Å²) in [5.41, 5.74) is 1.25. The summed E-state index contributed by atoms with van der Waals surface area (Å²) in [4.78, 5) is 16.4. The van der Waals surface area contributed by atoms with Crippen LogP contribution in [0.1, 0.15) is 29.4 Å². The second-order valence-corrected chi connectivity index (χ2v) is 4.22. The Balaban J connectivity index is 2.01. The lowest BCUT2D eigenvalue weighted by Gasteiger charge is -2.10. The predicted molar refractivity (Wildman–Crippen MR) is 76.2 cm³/mol. The van der Waals surface area contributed by atoms with Gasteiger partial charge in [0, 0.05) is 18.9 Å². The molecule has 2 rings (SSSR count). The Morgan fingerprint density at radius 2 is 2.10 bits per heavy atom. The van der Waals surface area contributed by atoms with E-state index in [2.05, 4.69) is 32.7 Å². The number of amides is 1. The van der Waals surface area contributed by atoms with Crippen molar-refractivity contribution in [3.63, 3.8) is 0 Å². The lowest BCUT2D eigenvalue weighted by Crippen LogP contribution is -2.25. The van der Waals surface area contributed by atoms with Crippen molar-refractivity contribution in [2.24, 2.45) is 0 Å². The van der Waals surface area contributed by atoms with Crippen molar-refractivity contribution in [3.8, 4) is 0 Å². The van der Waals surface area contributed by atoms with Gasteiger partial charge in [-0.25, -0.2) is 4.98 Å². The molecule has 0 atom stereocenters. The van der Waals surface area contributed by atoms with Crippen LogP contribution in [0.4, 0.5) is 5.82 Å². The SMILES string of the molecule is CCCNc1ncccc1C(=O)NCc1cccnn1. The molecule has 2 aromatic heterocycles. The monoisotopic (exact) mass is 271 g/mol. The number of rotatable bonds is 6. The van der Waals surface area contributed by atoms with Gasteiger partial charge >= 0.3 is 0 Å². The molecule has 0 saturated carbocycles. The Labute approximate surface area is 117 Å². The topological polar surface area (TPSA) is 79.8 Å². The highest BCUT2D eigenvalue weighted by atomic mass is 16.1. The second kappa shape index (κ2) is 7.18. The third kappa shape index (κ3) is 3.74. The first-order chi connectivity index (χ1) is 9.81. The van der Waals surface area contributed by atoms with Gasteiger partial charge in [0.25, 0.3) is 5.91 Å². The second-order valence-electron chi connectivity index (χ2n) is 4.22. The Hall–Kier alpha value is -2.50. The molecule has 104 valence electrons. The first-order valence-electron chi connectivity index (χ1n) is 6.55. The third-order valence-electron chi connectivity index (χ3n) is 2.65. The quantitative estimate of drug-likeness (QED) is 0.834. The number of pyridine rings is 1. The van der Waals surface area contributed by atoms with E-state index in [1.54, 1.807) is 30.6 Å². The standard InChI is InChI=1S/C14H17N5O/c1-2-7-15-13-12(6-4-8-16-13)14(20)17-10-11-5-3-9-18-19-11/h3-6,8-9H,2,7,10H2,1H3,(H,15,16)(H,17,20). The van der Waals surface area contributed by atoms with E-state index in [0.717, 1.165) is 13.0 Å². The number of aromatic nitrogens is 3. The molecule has 0 bridgehead atoms. The Morgan fingerprint density at radius 3 is 2.85 bits per heavy atom. The molecule has 20 heavy (non-hydrogen) atoms. The molecule has 0 unspecified atom stereocenters. The van der Waals surface area contributed by atoms with E-state index >= 15 is 0 Å². The summed E-state index contributed by atoms with van der Waals surface area (Å²) in [7, 11) is 0. The molecule has 0 aliphatic rings. The molecule has 1 amide bonds. The van der Waals surface area contributed by atoms with Gasteiger partial charge < -0.3 is 10.6 Å². The molecule has 0 saturated heterocycles. The number of carbonyl (C=O) groups is 1. The molecule has 0 fully saturated rings. The van der Waals surface area contributed by atoms with Gasteiger partial charge in [-0.1, -0.05) is 6.92 Å². The van der Waals surface area contributed by atoms with Gasteiger partial charge in [-0.15, -0.1) is 0 Å². The van der Waals surface area contributed by atoms with Gasteiger partial charge in [0.05, 0.1) is 17.8 Å². The van der Waals surface area contributed by atoms with Crippen LogP contribution in [0.15, 0.2) is 36.7 Å². The first-order valence-corrected chi connectivity index (χ1v) is 6.55. The number of hydrogen-bond donors (Lipinski definition) is 2. The molecule has 2 N–H and O–H groups in total. The number of anilines is 1. The summed E-state index contributed by atoms with van der Waals surface area (Å²) in [6.45, 7) is 3.18. The minimum absolute atomic E-state index is 0.178. The predicted octanol–water partition coefficient (Wildman–Crippen LogP) is 1.62. The number of carbonyl (C=O) groups excluding carboxylic acids is 1. The van der Waals surface area contributed by atoms with Crippen LogP contribution in [0, 0.1) is 0 Å². The van der Waals surface area contributed by atoms with Crippen molar-refractivity contribution in [2.75, 3.05) is 11.9 Å². The number of nitrogens with one attached hydrogen (secondary N) is 2. The highest BCUT2D eigenvalue weighted by Gasteiger charge is 2.11. The van der Waals surface area contributed by atoms with E-state index in [-0.39, 0.29) is 5.91 Å². The Morgan fingerprint density at radius 1 is 1.25 bits per heavy atom. The molecule has 2 aromatic rings. The molecule has 0 aromatic carbocycles. The third-order valence-corrected chi connectivity index (χ3v) is 2.65. The summed E-state index contributed by atoms with van der Waals surface area (Å²) in [5.74, 6) is 0.424. The van der Waals surface area contributed by atoms with Gasteiger partial charge in [-0.2, -0.15) is 10.2 Å². The van der Waals surface area contributed by atoms with E-state index in [1.807, 2.05) is 6.07 Å². The van der Waals surface area contributed by atoms with Crippen LogP contribution in [0.2, 0.25) is 0 Å². The minimum atomic E-state index is -0.178. The maximum atomic E-state index is 12.2. The summed E-state index contributed by atoms with van der Waals surface area (Å²) >= 11 is 0. The fraction of sp³-hybridized carbons (Fsp3) is 0.286. The van der Waals surface area contributed by atoms with Gasteiger partial charge in [-0.3, -0.25) is 4.79 Å². The average molecular weight is 271 g/mol. The Kier molecular flexibility index (Phi) is 5.00. The maximum Gasteiger partial charge on any atom is 0.255 e. The van der Waals surface area contributed by atoms with E-state index in [0.29, 0.717) is 23.6 Å². The zero-order chi connectivity index (χ0) is 14.2. The van der Waals surface area contributed by atoms with E-state index < -0.39 is 0 Å². The fourth-order valence-corrected chi connectivity index (χ4v) is 1.67. The maximum absolute atomic E-state index is 12.2. The highest BCUT2D eigenvalue weighted by Crippen LogP contribution is 2.11. The smallest absolute Gasteiger partial charge is 0.255 e. The molecule has 6 heteroatoms. The minimum Gasteiger partial charge on any atom is -0.369 e. The summed E-state index contributed by atoms with van der Waals surface area (Å²) < 4.78 is 0. The molecule has 0 radical (unpaired) electrons.